The summed E-state index contributed by atoms with van der Waals surface area (Å²) < 4.78 is 1.64. The average Bonchev–Trinajstić information content (AvgIpc) is 3.18. The molecular weight excluding hydrogens is 411 g/mol. The predicted molar refractivity (Wildman–Crippen MR) is 111 cm³/mol. The smallest absolute Gasteiger partial charge is 0.267 e. The van der Waals surface area contributed by atoms with Gasteiger partial charge in [-0.1, -0.05) is 23.2 Å². The fraction of sp³-hybridized carbons (Fsp3) is 0.0476. The molecule has 5 rings (SSSR count). The number of carbonyl (C=O) groups excluding carboxylic acids is 2. The van der Waals surface area contributed by atoms with Crippen LogP contribution in [0.4, 0.5) is 5.69 Å². The molecule has 0 saturated carbocycles. The third kappa shape index (κ3) is 2.64. The maximum atomic E-state index is 13.2. The van der Waals surface area contributed by atoms with E-state index >= 15 is 0 Å². The summed E-state index contributed by atoms with van der Waals surface area (Å²) in [6, 6.07) is 13.7. The van der Waals surface area contributed by atoms with Crippen LogP contribution in [0.3, 0.4) is 0 Å². The number of aryl methyl sites for hydroxylation is 1. The van der Waals surface area contributed by atoms with E-state index < -0.39 is 11.8 Å². The normalized spacial score (nSPS) is 13.4. The molecule has 1 aliphatic rings. The van der Waals surface area contributed by atoms with Crippen LogP contribution in [0.5, 0.6) is 0 Å². The lowest BCUT2D eigenvalue weighted by atomic mass is 10.1. The highest BCUT2D eigenvalue weighted by atomic mass is 35.5. The first-order valence-electron chi connectivity index (χ1n) is 8.74. The number of imide groups is 1. The van der Waals surface area contributed by atoms with Gasteiger partial charge in [-0.3, -0.25) is 9.59 Å². The quantitative estimate of drug-likeness (QED) is 0.433. The molecule has 0 fully saturated rings. The molecule has 8 heteroatoms. The van der Waals surface area contributed by atoms with Gasteiger partial charge in [0.1, 0.15) is 0 Å². The number of hydrogen-bond donors (Lipinski definition) is 0. The van der Waals surface area contributed by atoms with Gasteiger partial charge in [-0.05, 0) is 55.5 Å². The molecule has 29 heavy (non-hydrogen) atoms. The lowest BCUT2D eigenvalue weighted by molar-refractivity contribution is 0.0926. The number of pyridine rings is 1. The van der Waals surface area contributed by atoms with Crippen molar-refractivity contribution in [2.45, 2.75) is 6.92 Å². The maximum absolute atomic E-state index is 13.2. The SMILES string of the molecule is Cc1nn(-c2ccc(Cl)cc2)c2ncc3c(c12)C(=O)N(c1ccc(Cl)cc1)C3=O. The zero-order chi connectivity index (χ0) is 20.3. The first-order chi connectivity index (χ1) is 14.0. The number of carbonyl (C=O) groups is 2. The molecule has 4 aromatic rings. The van der Waals surface area contributed by atoms with Crippen LogP contribution < -0.4 is 4.90 Å². The van der Waals surface area contributed by atoms with E-state index in [0.29, 0.717) is 38.0 Å². The van der Waals surface area contributed by atoms with E-state index in [1.54, 1.807) is 48.0 Å². The first-order valence-corrected chi connectivity index (χ1v) is 9.50. The summed E-state index contributed by atoms with van der Waals surface area (Å²) in [5.41, 5.74) is 2.90. The van der Waals surface area contributed by atoms with Gasteiger partial charge < -0.3 is 0 Å². The van der Waals surface area contributed by atoms with Gasteiger partial charge in [0.2, 0.25) is 0 Å². The molecule has 0 bridgehead atoms. The van der Waals surface area contributed by atoms with Gasteiger partial charge in [0.15, 0.2) is 5.65 Å². The standard InChI is InChI=1S/C21H12Cl2N4O2/c1-11-17-18-16(20(28)26(21(18)29)14-6-2-12(22)3-7-14)10-24-19(17)27(25-11)15-8-4-13(23)5-9-15/h2-10H,1H3. The molecule has 142 valence electrons. The predicted octanol–water partition coefficient (Wildman–Crippen LogP) is 4.84. The second-order valence-corrected chi connectivity index (χ2v) is 7.51. The minimum absolute atomic E-state index is 0.260. The average molecular weight is 423 g/mol. The zero-order valence-electron chi connectivity index (χ0n) is 15.1. The van der Waals surface area contributed by atoms with Crippen LogP contribution in [0.2, 0.25) is 10.0 Å². The van der Waals surface area contributed by atoms with Crippen molar-refractivity contribution in [1.29, 1.82) is 0 Å². The van der Waals surface area contributed by atoms with Crippen molar-refractivity contribution in [2.24, 2.45) is 0 Å². The highest BCUT2D eigenvalue weighted by Gasteiger charge is 2.40. The summed E-state index contributed by atoms with van der Waals surface area (Å²) in [7, 11) is 0. The van der Waals surface area contributed by atoms with Crippen LogP contribution in [0.25, 0.3) is 16.7 Å². The molecule has 2 amide bonds. The van der Waals surface area contributed by atoms with Gasteiger partial charge in [0, 0.05) is 16.2 Å². The van der Waals surface area contributed by atoms with Gasteiger partial charge in [0.25, 0.3) is 11.8 Å². The van der Waals surface area contributed by atoms with E-state index in [1.807, 2.05) is 12.1 Å². The lowest BCUT2D eigenvalue weighted by Crippen LogP contribution is -2.29. The second-order valence-electron chi connectivity index (χ2n) is 6.64. The Morgan fingerprint density at radius 1 is 0.828 bits per heavy atom. The molecule has 0 saturated heterocycles. The van der Waals surface area contributed by atoms with Crippen LogP contribution in [-0.4, -0.2) is 26.6 Å². The van der Waals surface area contributed by atoms with Crippen LogP contribution in [0.1, 0.15) is 26.4 Å². The Morgan fingerprint density at radius 2 is 1.41 bits per heavy atom. The molecule has 2 aromatic carbocycles. The molecule has 0 radical (unpaired) electrons. The third-order valence-corrected chi connectivity index (χ3v) is 5.38. The number of rotatable bonds is 2. The van der Waals surface area contributed by atoms with Crippen molar-refractivity contribution in [3.05, 3.63) is 81.6 Å². The van der Waals surface area contributed by atoms with E-state index in [0.717, 1.165) is 10.6 Å². The number of hydrogen-bond acceptors (Lipinski definition) is 4. The number of fused-ring (bicyclic) bond motifs is 3. The highest BCUT2D eigenvalue weighted by molar-refractivity contribution is 6.37. The molecule has 0 N–H and O–H groups in total. The van der Waals surface area contributed by atoms with E-state index in [-0.39, 0.29) is 5.56 Å². The summed E-state index contributed by atoms with van der Waals surface area (Å²) in [5, 5.41) is 6.24. The molecule has 0 aliphatic carbocycles. The molecular formula is C21H12Cl2N4O2. The maximum Gasteiger partial charge on any atom is 0.267 e. The Bertz CT molecular complexity index is 1310. The third-order valence-electron chi connectivity index (χ3n) is 4.88. The van der Waals surface area contributed by atoms with Crippen LogP contribution in [-0.2, 0) is 0 Å². The number of halogens is 2. The number of nitrogens with zero attached hydrogens (tertiary/aromatic N) is 4. The fourth-order valence-corrected chi connectivity index (χ4v) is 3.80. The fourth-order valence-electron chi connectivity index (χ4n) is 3.55. The number of anilines is 1. The van der Waals surface area contributed by atoms with Gasteiger partial charge in [-0.15, -0.1) is 0 Å². The molecule has 1 aliphatic heterocycles. The minimum Gasteiger partial charge on any atom is -0.268 e. The largest absolute Gasteiger partial charge is 0.268 e. The van der Waals surface area contributed by atoms with Gasteiger partial charge in [0.05, 0.1) is 33.6 Å². The lowest BCUT2D eigenvalue weighted by Gasteiger charge is -2.13. The summed E-state index contributed by atoms with van der Waals surface area (Å²) in [6.45, 7) is 1.79. The zero-order valence-corrected chi connectivity index (χ0v) is 16.6. The van der Waals surface area contributed by atoms with Gasteiger partial charge in [-0.25, -0.2) is 14.6 Å². The molecule has 0 spiro atoms. The molecule has 3 heterocycles. The Balaban J connectivity index is 1.70. The molecule has 2 aromatic heterocycles. The van der Waals surface area contributed by atoms with Crippen molar-refractivity contribution in [3.63, 3.8) is 0 Å². The van der Waals surface area contributed by atoms with Crippen molar-refractivity contribution < 1.29 is 9.59 Å². The Hall–Kier alpha value is -3.22. The number of benzene rings is 2. The van der Waals surface area contributed by atoms with Crippen LogP contribution in [0.15, 0.2) is 54.7 Å². The Kier molecular flexibility index (Phi) is 3.94. The summed E-state index contributed by atoms with van der Waals surface area (Å²) in [4.78, 5) is 31.8. The first kappa shape index (κ1) is 17.8. The summed E-state index contributed by atoms with van der Waals surface area (Å²) in [6.07, 6.45) is 1.43. The summed E-state index contributed by atoms with van der Waals surface area (Å²) in [5.74, 6) is -0.821. The van der Waals surface area contributed by atoms with Gasteiger partial charge >= 0.3 is 0 Å². The number of aromatic nitrogens is 3. The minimum atomic E-state index is -0.416. The highest BCUT2D eigenvalue weighted by Crippen LogP contribution is 2.34. The van der Waals surface area contributed by atoms with E-state index in [2.05, 4.69) is 10.1 Å². The molecule has 0 atom stereocenters. The summed E-state index contributed by atoms with van der Waals surface area (Å²) >= 11 is 11.9. The number of amides is 2. The van der Waals surface area contributed by atoms with E-state index in [4.69, 9.17) is 23.2 Å². The second kappa shape index (κ2) is 6.40. The van der Waals surface area contributed by atoms with Gasteiger partial charge in [-0.2, -0.15) is 5.10 Å². The Morgan fingerprint density at radius 3 is 2.03 bits per heavy atom. The molecule has 0 unspecified atom stereocenters. The topological polar surface area (TPSA) is 68.1 Å². The van der Waals surface area contributed by atoms with Crippen LogP contribution in [0, 0.1) is 6.92 Å². The van der Waals surface area contributed by atoms with Crippen molar-refractivity contribution in [2.75, 3.05) is 4.90 Å². The van der Waals surface area contributed by atoms with E-state index in [1.165, 1.54) is 6.20 Å². The van der Waals surface area contributed by atoms with Crippen molar-refractivity contribution in [1.82, 2.24) is 14.8 Å². The Labute approximate surface area is 175 Å². The van der Waals surface area contributed by atoms with Crippen molar-refractivity contribution in [3.8, 4) is 5.69 Å². The van der Waals surface area contributed by atoms with Crippen LogP contribution >= 0.6 is 23.2 Å². The van der Waals surface area contributed by atoms with Crippen molar-refractivity contribution >= 4 is 51.7 Å². The van der Waals surface area contributed by atoms with E-state index in [9.17, 15) is 9.59 Å². The monoisotopic (exact) mass is 422 g/mol. The molecule has 6 nitrogen and oxygen atoms in total.